The maximum Gasteiger partial charge on any atom is 0.266 e. The summed E-state index contributed by atoms with van der Waals surface area (Å²) in [5, 5.41) is 22.7. The van der Waals surface area contributed by atoms with Gasteiger partial charge in [0.2, 0.25) is 0 Å². The number of nitriles is 2. The number of hydrogen-bond acceptors (Lipinski definition) is 4. The van der Waals surface area contributed by atoms with Crippen LogP contribution < -0.4 is 5.32 Å². The van der Waals surface area contributed by atoms with E-state index in [9.17, 15) is 15.3 Å². The van der Waals surface area contributed by atoms with Crippen molar-refractivity contribution in [3.8, 4) is 17.8 Å². The zero-order valence-electron chi connectivity index (χ0n) is 17.8. The molecule has 0 spiro atoms. The van der Waals surface area contributed by atoms with Gasteiger partial charge in [-0.05, 0) is 87.1 Å². The molecule has 7 heteroatoms. The van der Waals surface area contributed by atoms with Crippen molar-refractivity contribution < 1.29 is 4.79 Å². The van der Waals surface area contributed by atoms with Crippen molar-refractivity contribution in [3.63, 3.8) is 0 Å². The number of thiophene rings is 1. The fourth-order valence-electron chi connectivity index (χ4n) is 4.17. The number of nitrogens with zero attached hydrogens (tertiary/aromatic N) is 3. The highest BCUT2D eigenvalue weighted by atomic mass is 79.9. The molecule has 3 aromatic rings. The zero-order valence-corrected chi connectivity index (χ0v) is 20.2. The first-order chi connectivity index (χ1) is 15.4. The molecule has 1 N–H and O–H groups in total. The van der Waals surface area contributed by atoms with Crippen LogP contribution in [-0.4, -0.2) is 10.5 Å². The van der Waals surface area contributed by atoms with Crippen LogP contribution in [0.4, 0.5) is 5.00 Å². The number of amides is 1. The van der Waals surface area contributed by atoms with Gasteiger partial charge in [0.1, 0.15) is 22.7 Å². The first kappa shape index (κ1) is 22.1. The van der Waals surface area contributed by atoms with Crippen molar-refractivity contribution in [2.24, 2.45) is 0 Å². The highest BCUT2D eigenvalue weighted by molar-refractivity contribution is 9.10. The summed E-state index contributed by atoms with van der Waals surface area (Å²) >= 11 is 4.91. The molecule has 32 heavy (non-hydrogen) atoms. The third-order valence-corrected chi connectivity index (χ3v) is 7.47. The van der Waals surface area contributed by atoms with Crippen LogP contribution in [0.25, 0.3) is 11.8 Å². The Balaban J connectivity index is 1.64. The average Bonchev–Trinajstić information content (AvgIpc) is 3.28. The molecule has 1 aliphatic carbocycles. The standard InChI is InChI=1S/C25H21BrN4OS/c1-15-11-17(16(2)30(15)20-9-7-19(26)8-10-20)12-18(13-27)24(31)29-25-22(14-28)21-5-3-4-6-23(21)32-25/h7-12H,3-6H2,1-2H3,(H,29,31). The minimum atomic E-state index is -0.490. The molecule has 4 rings (SSSR count). The molecule has 0 unspecified atom stereocenters. The quantitative estimate of drug-likeness (QED) is 0.338. The molecule has 0 radical (unpaired) electrons. The Hall–Kier alpha value is -3.13. The largest absolute Gasteiger partial charge is 0.318 e. The second-order valence-corrected chi connectivity index (χ2v) is 9.81. The molecule has 0 aliphatic heterocycles. The van der Waals surface area contributed by atoms with Gasteiger partial charge in [-0.25, -0.2) is 0 Å². The van der Waals surface area contributed by atoms with Crippen LogP contribution in [0.2, 0.25) is 0 Å². The van der Waals surface area contributed by atoms with Gasteiger partial charge >= 0.3 is 0 Å². The van der Waals surface area contributed by atoms with E-state index in [2.05, 4.69) is 31.9 Å². The van der Waals surface area contributed by atoms with Crippen molar-refractivity contribution in [3.05, 3.63) is 73.3 Å². The summed E-state index contributed by atoms with van der Waals surface area (Å²) < 4.78 is 3.09. The molecule has 0 fully saturated rings. The number of nitrogens with one attached hydrogen (secondary N) is 1. The molecule has 1 aromatic carbocycles. The second-order valence-electron chi connectivity index (χ2n) is 7.79. The number of carbonyl (C=O) groups is 1. The van der Waals surface area contributed by atoms with Gasteiger partial charge in [-0.3, -0.25) is 4.79 Å². The molecular weight excluding hydrogens is 484 g/mol. The van der Waals surface area contributed by atoms with Crippen molar-refractivity contribution in [2.75, 3.05) is 5.32 Å². The van der Waals surface area contributed by atoms with Gasteiger partial charge in [0, 0.05) is 26.4 Å². The number of fused-ring (bicyclic) bond motifs is 1. The summed E-state index contributed by atoms with van der Waals surface area (Å²) in [5.41, 5.74) is 5.37. The third-order valence-electron chi connectivity index (χ3n) is 5.73. The van der Waals surface area contributed by atoms with Gasteiger partial charge in [0.05, 0.1) is 5.56 Å². The zero-order chi connectivity index (χ0) is 22.8. The van der Waals surface area contributed by atoms with E-state index in [4.69, 9.17) is 0 Å². The van der Waals surface area contributed by atoms with Crippen LogP contribution in [0.3, 0.4) is 0 Å². The SMILES string of the molecule is Cc1cc(C=C(C#N)C(=O)Nc2sc3c(c2C#N)CCCC3)c(C)n1-c1ccc(Br)cc1. The van der Waals surface area contributed by atoms with E-state index >= 15 is 0 Å². The fraction of sp³-hybridized carbons (Fsp3) is 0.240. The minimum absolute atomic E-state index is 0.0105. The van der Waals surface area contributed by atoms with E-state index in [0.717, 1.165) is 58.4 Å². The second kappa shape index (κ2) is 9.16. The predicted octanol–water partition coefficient (Wildman–Crippen LogP) is 6.21. The Morgan fingerprint density at radius 3 is 2.59 bits per heavy atom. The topological polar surface area (TPSA) is 81.6 Å². The number of anilines is 1. The number of aryl methyl sites for hydroxylation is 2. The molecular formula is C25H21BrN4OS. The first-order valence-corrected chi connectivity index (χ1v) is 12.0. The lowest BCUT2D eigenvalue weighted by Crippen LogP contribution is -2.13. The normalized spacial score (nSPS) is 13.2. The highest BCUT2D eigenvalue weighted by Crippen LogP contribution is 2.37. The van der Waals surface area contributed by atoms with Crippen LogP contribution in [-0.2, 0) is 17.6 Å². The Kier molecular flexibility index (Phi) is 6.32. The summed E-state index contributed by atoms with van der Waals surface area (Å²) in [4.78, 5) is 14.1. The number of benzene rings is 1. The van der Waals surface area contributed by atoms with E-state index < -0.39 is 5.91 Å². The van der Waals surface area contributed by atoms with Gasteiger partial charge in [-0.15, -0.1) is 11.3 Å². The fourth-order valence-corrected chi connectivity index (χ4v) is 5.67. The van der Waals surface area contributed by atoms with Crippen molar-refractivity contribution in [1.29, 1.82) is 10.5 Å². The van der Waals surface area contributed by atoms with Crippen molar-refractivity contribution >= 4 is 44.3 Å². The summed E-state index contributed by atoms with van der Waals surface area (Å²) in [6.45, 7) is 3.96. The molecule has 2 aromatic heterocycles. The molecule has 1 aliphatic rings. The van der Waals surface area contributed by atoms with Crippen molar-refractivity contribution in [1.82, 2.24) is 4.57 Å². The Labute approximate surface area is 199 Å². The number of carbonyl (C=O) groups excluding carboxylic acids is 1. The van der Waals surface area contributed by atoms with Gasteiger partial charge in [-0.2, -0.15) is 10.5 Å². The van der Waals surface area contributed by atoms with Gasteiger partial charge < -0.3 is 9.88 Å². The number of halogens is 1. The van der Waals surface area contributed by atoms with E-state index in [1.807, 2.05) is 50.2 Å². The Morgan fingerprint density at radius 2 is 1.91 bits per heavy atom. The highest BCUT2D eigenvalue weighted by Gasteiger charge is 2.23. The molecule has 0 saturated carbocycles. The van der Waals surface area contributed by atoms with Gasteiger partial charge in [-0.1, -0.05) is 15.9 Å². The smallest absolute Gasteiger partial charge is 0.266 e. The minimum Gasteiger partial charge on any atom is -0.318 e. The van der Waals surface area contributed by atoms with Crippen LogP contribution in [0.1, 0.15) is 45.8 Å². The molecule has 0 atom stereocenters. The third kappa shape index (κ3) is 4.14. The molecule has 0 saturated heterocycles. The molecule has 2 heterocycles. The lowest BCUT2D eigenvalue weighted by Gasteiger charge is -2.10. The van der Waals surface area contributed by atoms with Crippen LogP contribution in [0.15, 0.2) is 40.4 Å². The summed E-state index contributed by atoms with van der Waals surface area (Å²) in [5.74, 6) is -0.490. The Bertz CT molecular complexity index is 1320. The number of hydrogen-bond donors (Lipinski definition) is 1. The van der Waals surface area contributed by atoms with E-state index in [-0.39, 0.29) is 5.57 Å². The lowest BCUT2D eigenvalue weighted by atomic mass is 9.96. The molecule has 160 valence electrons. The molecule has 1 amide bonds. The molecule has 0 bridgehead atoms. The summed E-state index contributed by atoms with van der Waals surface area (Å²) in [7, 11) is 0. The maximum absolute atomic E-state index is 12.9. The van der Waals surface area contributed by atoms with E-state index in [0.29, 0.717) is 10.6 Å². The number of rotatable bonds is 4. The maximum atomic E-state index is 12.9. The van der Waals surface area contributed by atoms with Crippen LogP contribution >= 0.6 is 27.3 Å². The first-order valence-electron chi connectivity index (χ1n) is 10.4. The van der Waals surface area contributed by atoms with Crippen LogP contribution in [0.5, 0.6) is 0 Å². The van der Waals surface area contributed by atoms with Gasteiger partial charge in [0.25, 0.3) is 5.91 Å². The Morgan fingerprint density at radius 1 is 1.19 bits per heavy atom. The lowest BCUT2D eigenvalue weighted by molar-refractivity contribution is -0.112. The molecule has 5 nitrogen and oxygen atoms in total. The summed E-state index contributed by atoms with van der Waals surface area (Å²) in [6.07, 6.45) is 5.58. The van der Waals surface area contributed by atoms with Crippen molar-refractivity contribution in [2.45, 2.75) is 39.5 Å². The number of aromatic nitrogens is 1. The summed E-state index contributed by atoms with van der Waals surface area (Å²) in [6, 6.07) is 14.2. The van der Waals surface area contributed by atoms with E-state index in [1.54, 1.807) is 6.08 Å². The van der Waals surface area contributed by atoms with Crippen LogP contribution in [0, 0.1) is 36.5 Å². The van der Waals surface area contributed by atoms with E-state index in [1.165, 1.54) is 16.2 Å². The monoisotopic (exact) mass is 504 g/mol. The average molecular weight is 505 g/mol. The van der Waals surface area contributed by atoms with Gasteiger partial charge in [0.15, 0.2) is 0 Å². The predicted molar refractivity (Wildman–Crippen MR) is 131 cm³/mol.